The minimum absolute atomic E-state index is 0.131. The van der Waals surface area contributed by atoms with Crippen LogP contribution in [0, 0.1) is 0 Å². The molecule has 0 bridgehead atoms. The Labute approximate surface area is 156 Å². The first-order valence-electron chi connectivity index (χ1n) is 7.68. The second-order valence-electron chi connectivity index (χ2n) is 5.31. The second kappa shape index (κ2) is 7.72. The number of rotatable bonds is 6. The Bertz CT molecular complexity index is 1070. The van der Waals surface area contributed by atoms with Crippen LogP contribution in [0.1, 0.15) is 0 Å². The van der Waals surface area contributed by atoms with E-state index in [1.807, 2.05) is 0 Å². The summed E-state index contributed by atoms with van der Waals surface area (Å²) >= 11 is 0. The highest BCUT2D eigenvalue weighted by Crippen LogP contribution is 2.25. The first kappa shape index (κ1) is 18.8. The summed E-state index contributed by atoms with van der Waals surface area (Å²) in [5.74, 6) is -0.144. The third-order valence-corrected chi connectivity index (χ3v) is 8.38. The van der Waals surface area contributed by atoms with Gasteiger partial charge in [0.15, 0.2) is 0 Å². The highest BCUT2D eigenvalue weighted by atomic mass is 32.3. The smallest absolute Gasteiger partial charge is 0.222 e. The van der Waals surface area contributed by atoms with Crippen LogP contribution in [0.25, 0.3) is 0 Å². The lowest BCUT2D eigenvalue weighted by atomic mass is 10.4. The van der Waals surface area contributed by atoms with Crippen LogP contribution in [0.3, 0.4) is 0 Å². The number of hydrogen-bond acceptors (Lipinski definition) is 8. The second-order valence-corrected chi connectivity index (χ2v) is 9.74. The zero-order valence-electron chi connectivity index (χ0n) is 13.8. The van der Waals surface area contributed by atoms with E-state index >= 15 is 0 Å². The van der Waals surface area contributed by atoms with Gasteiger partial charge in [-0.25, -0.2) is 26.8 Å². The van der Waals surface area contributed by atoms with Crippen molar-refractivity contribution in [3.05, 3.63) is 73.1 Å². The molecule has 138 valence electrons. The van der Waals surface area contributed by atoms with Gasteiger partial charge in [-0.05, 0) is 24.3 Å². The van der Waals surface area contributed by atoms with Crippen LogP contribution in [0.4, 0.5) is 5.95 Å². The van der Waals surface area contributed by atoms with E-state index in [-0.39, 0.29) is 15.7 Å². The fourth-order valence-electron chi connectivity index (χ4n) is 2.24. The zero-order chi connectivity index (χ0) is 19.3. The quantitative estimate of drug-likeness (QED) is 0.577. The van der Waals surface area contributed by atoms with Crippen LogP contribution in [0.15, 0.2) is 87.8 Å². The molecule has 1 heterocycles. The third kappa shape index (κ3) is 4.07. The van der Waals surface area contributed by atoms with Crippen molar-refractivity contribution in [2.75, 3.05) is 0 Å². The van der Waals surface area contributed by atoms with Crippen molar-refractivity contribution >= 4 is 31.8 Å². The summed E-state index contributed by atoms with van der Waals surface area (Å²) in [5, 5.41) is 7.19. The van der Waals surface area contributed by atoms with Crippen LogP contribution < -0.4 is 0 Å². The van der Waals surface area contributed by atoms with E-state index in [2.05, 4.69) is 20.2 Å². The Balaban J connectivity index is 2.14. The molecule has 27 heavy (non-hydrogen) atoms. The molecule has 0 atom stereocenters. The molecule has 0 aliphatic heterocycles. The van der Waals surface area contributed by atoms with Gasteiger partial charge in [0.25, 0.3) is 5.95 Å². The van der Waals surface area contributed by atoms with E-state index in [1.54, 1.807) is 12.1 Å². The van der Waals surface area contributed by atoms with E-state index < -0.39 is 24.3 Å². The number of nitrogens with zero attached hydrogens (tertiary/aromatic N) is 4. The SMILES string of the molecule is O=S(=O)(c1ccccc1)C(C=Nc1nccnn1)S(=O)(=O)c1ccccc1. The van der Waals surface area contributed by atoms with Crippen LogP contribution in [-0.4, -0.2) is 42.8 Å². The molecular weight excluding hydrogens is 388 g/mol. The topological polar surface area (TPSA) is 119 Å². The summed E-state index contributed by atoms with van der Waals surface area (Å²) < 4.78 is 50.2. The number of benzene rings is 2. The highest BCUT2D eigenvalue weighted by Gasteiger charge is 2.38. The summed E-state index contributed by atoms with van der Waals surface area (Å²) in [6.07, 6.45) is 3.45. The van der Waals surface area contributed by atoms with E-state index in [0.717, 1.165) is 6.21 Å². The van der Waals surface area contributed by atoms with E-state index in [0.29, 0.717) is 0 Å². The van der Waals surface area contributed by atoms with Crippen molar-refractivity contribution in [2.45, 2.75) is 14.4 Å². The monoisotopic (exact) mass is 402 g/mol. The molecule has 0 unspecified atom stereocenters. The molecule has 0 spiro atoms. The van der Waals surface area contributed by atoms with E-state index in [4.69, 9.17) is 0 Å². The van der Waals surface area contributed by atoms with Gasteiger partial charge in [-0.1, -0.05) is 36.4 Å². The summed E-state index contributed by atoms with van der Waals surface area (Å²) in [6, 6.07) is 14.7. The van der Waals surface area contributed by atoms with Crippen molar-refractivity contribution < 1.29 is 16.8 Å². The Hall–Kier alpha value is -2.98. The molecule has 3 aromatic rings. The molecule has 0 amide bonds. The molecule has 0 N–H and O–H groups in total. The first-order chi connectivity index (χ1) is 12.9. The molecular formula is C17H14N4O4S2. The maximum absolute atomic E-state index is 13.0. The molecule has 0 aliphatic carbocycles. The molecule has 0 saturated heterocycles. The van der Waals surface area contributed by atoms with Gasteiger partial charge in [0.1, 0.15) is 0 Å². The average Bonchev–Trinajstić information content (AvgIpc) is 2.70. The third-order valence-electron chi connectivity index (χ3n) is 3.54. The zero-order valence-corrected chi connectivity index (χ0v) is 15.5. The van der Waals surface area contributed by atoms with Crippen LogP contribution in [0.2, 0.25) is 0 Å². The average molecular weight is 402 g/mol. The molecule has 0 radical (unpaired) electrons. The highest BCUT2D eigenvalue weighted by molar-refractivity contribution is 8.10. The van der Waals surface area contributed by atoms with Gasteiger partial charge in [0.05, 0.1) is 22.2 Å². The fourth-order valence-corrected chi connectivity index (χ4v) is 6.30. The molecule has 0 fully saturated rings. The summed E-state index contributed by atoms with van der Waals surface area (Å²) in [7, 11) is -8.58. The maximum Gasteiger partial charge on any atom is 0.268 e. The number of aromatic nitrogens is 3. The van der Waals surface area contributed by atoms with E-state index in [9.17, 15) is 16.8 Å². The summed E-state index contributed by atoms with van der Waals surface area (Å²) in [5.41, 5.74) is 0. The minimum atomic E-state index is -4.29. The van der Waals surface area contributed by atoms with Gasteiger partial charge in [-0.3, -0.25) is 0 Å². The van der Waals surface area contributed by atoms with Gasteiger partial charge in [-0.15, -0.1) is 5.10 Å². The van der Waals surface area contributed by atoms with Gasteiger partial charge in [-0.2, -0.15) is 5.10 Å². The predicted molar refractivity (Wildman–Crippen MR) is 99.0 cm³/mol. The summed E-state index contributed by atoms with van der Waals surface area (Å²) in [4.78, 5) is 7.36. The molecule has 10 heteroatoms. The predicted octanol–water partition coefficient (Wildman–Crippen LogP) is 1.85. The normalized spacial score (nSPS) is 12.5. The maximum atomic E-state index is 13.0. The molecule has 1 aromatic heterocycles. The van der Waals surface area contributed by atoms with Crippen molar-refractivity contribution in [3.8, 4) is 0 Å². The lowest BCUT2D eigenvalue weighted by Crippen LogP contribution is -2.32. The molecule has 0 aliphatic rings. The lowest BCUT2D eigenvalue weighted by Gasteiger charge is -2.14. The first-order valence-corrected chi connectivity index (χ1v) is 10.8. The Morgan fingerprint density at radius 3 is 1.74 bits per heavy atom. The van der Waals surface area contributed by atoms with Gasteiger partial charge in [0.2, 0.25) is 24.3 Å². The van der Waals surface area contributed by atoms with E-state index in [1.165, 1.54) is 60.9 Å². The summed E-state index contributed by atoms with van der Waals surface area (Å²) in [6.45, 7) is 0. The molecule has 8 nitrogen and oxygen atoms in total. The van der Waals surface area contributed by atoms with Crippen LogP contribution in [0.5, 0.6) is 0 Å². The fraction of sp³-hybridized carbons (Fsp3) is 0.0588. The van der Waals surface area contributed by atoms with Crippen molar-refractivity contribution in [1.29, 1.82) is 0 Å². The lowest BCUT2D eigenvalue weighted by molar-refractivity contribution is 0.584. The van der Waals surface area contributed by atoms with Crippen LogP contribution in [-0.2, 0) is 19.7 Å². The largest absolute Gasteiger partial charge is 0.268 e. The minimum Gasteiger partial charge on any atom is -0.222 e. The van der Waals surface area contributed by atoms with Crippen molar-refractivity contribution in [1.82, 2.24) is 15.2 Å². The number of hydrogen-bond donors (Lipinski definition) is 0. The Morgan fingerprint density at radius 1 is 0.778 bits per heavy atom. The number of sulfone groups is 2. The van der Waals surface area contributed by atoms with Crippen molar-refractivity contribution in [2.24, 2.45) is 4.99 Å². The van der Waals surface area contributed by atoms with Gasteiger partial charge < -0.3 is 0 Å². The van der Waals surface area contributed by atoms with Crippen molar-refractivity contribution in [3.63, 3.8) is 0 Å². The molecule has 0 saturated carbocycles. The molecule has 3 rings (SSSR count). The Morgan fingerprint density at radius 2 is 1.30 bits per heavy atom. The van der Waals surface area contributed by atoms with Gasteiger partial charge in [0, 0.05) is 6.21 Å². The number of aliphatic imine (C=N–C) groups is 1. The van der Waals surface area contributed by atoms with Gasteiger partial charge >= 0.3 is 0 Å². The van der Waals surface area contributed by atoms with Crippen LogP contribution >= 0.6 is 0 Å². The Kier molecular flexibility index (Phi) is 5.38. The molecule has 2 aromatic carbocycles. The standard InChI is InChI=1S/C17H14N4O4S2/c22-26(23,14-7-3-1-4-8-14)16(13-19-17-18-11-12-20-21-17)27(24,25)15-9-5-2-6-10-15/h1-13,16H.